The van der Waals surface area contributed by atoms with E-state index in [0.717, 1.165) is 6.42 Å². The highest BCUT2D eigenvalue weighted by Crippen LogP contribution is 1.91. The van der Waals surface area contributed by atoms with Gasteiger partial charge in [0.1, 0.15) is 6.29 Å². The Kier molecular flexibility index (Phi) is 5.56. The topological polar surface area (TPSA) is 133 Å². The maximum atomic E-state index is 10.5. The highest BCUT2D eigenvalue weighted by molar-refractivity contribution is 5.79. The summed E-state index contributed by atoms with van der Waals surface area (Å²) in [6, 6.07) is -0.569. The molecule has 6 nitrogen and oxygen atoms in total. The van der Waals surface area contributed by atoms with E-state index in [1.807, 2.05) is 0 Å². The molecule has 0 spiro atoms. The van der Waals surface area contributed by atoms with Crippen molar-refractivity contribution in [3.63, 3.8) is 0 Å². The highest BCUT2D eigenvalue weighted by atomic mass is 16.1. The Balaban J connectivity index is 3.25. The van der Waals surface area contributed by atoms with E-state index in [9.17, 15) is 4.79 Å². The zero-order valence-electron chi connectivity index (χ0n) is 6.99. The molecule has 0 radical (unpaired) electrons. The normalized spacial score (nSPS) is 13.3. The number of rotatable bonds is 6. The van der Waals surface area contributed by atoms with Crippen molar-refractivity contribution in [3.05, 3.63) is 0 Å². The van der Waals surface area contributed by atoms with Gasteiger partial charge in [0, 0.05) is 0 Å². The van der Waals surface area contributed by atoms with Crippen molar-refractivity contribution in [3.8, 4) is 0 Å². The molecule has 0 aliphatic heterocycles. The molecule has 9 N–H and O–H groups in total. The summed E-state index contributed by atoms with van der Waals surface area (Å²) < 4.78 is 0. The molecular weight excluding hydrogens is 158 g/mol. The Hall–Kier alpha value is -0.690. The first-order chi connectivity index (χ1) is 5.54. The molecule has 0 bridgehead atoms. The molecule has 0 fully saturated rings. The summed E-state index contributed by atoms with van der Waals surface area (Å²) in [6.45, 7) is 0.638. The first kappa shape index (κ1) is 11.3. The Morgan fingerprint density at radius 2 is 1.92 bits per heavy atom. The Labute approximate surface area is 71.6 Å². The summed E-state index contributed by atoms with van der Waals surface area (Å²) in [5.41, 5.74) is 20.7. The van der Waals surface area contributed by atoms with Crippen molar-refractivity contribution < 1.29 is 4.79 Å². The molecule has 0 aromatic carbocycles. The maximum Gasteiger partial charge on any atom is 0.234 e. The molecule has 0 aliphatic rings. The maximum absolute atomic E-state index is 10.5. The van der Waals surface area contributed by atoms with Gasteiger partial charge >= 0.3 is 0 Å². The van der Waals surface area contributed by atoms with Crippen LogP contribution in [0.5, 0.6) is 0 Å². The van der Waals surface area contributed by atoms with Gasteiger partial charge < -0.3 is 22.9 Å². The monoisotopic (exact) mass is 175 g/mol. The molecule has 0 aromatic rings. The zero-order chi connectivity index (χ0) is 9.56. The second-order valence-corrected chi connectivity index (χ2v) is 2.63. The molecule has 0 aromatic heterocycles. The van der Waals surface area contributed by atoms with E-state index < -0.39 is 18.2 Å². The van der Waals surface area contributed by atoms with Crippen LogP contribution in [-0.4, -0.2) is 24.8 Å². The molecule has 1 amide bonds. The van der Waals surface area contributed by atoms with Crippen LogP contribution in [0.1, 0.15) is 12.8 Å². The van der Waals surface area contributed by atoms with Crippen molar-refractivity contribution in [2.45, 2.75) is 25.2 Å². The molecule has 6 heteroatoms. The molecule has 1 atom stereocenters. The van der Waals surface area contributed by atoms with E-state index in [1.54, 1.807) is 0 Å². The van der Waals surface area contributed by atoms with E-state index in [1.165, 1.54) is 0 Å². The fourth-order valence-corrected chi connectivity index (χ4v) is 0.733. The smallest absolute Gasteiger partial charge is 0.234 e. The summed E-state index contributed by atoms with van der Waals surface area (Å²) in [6.07, 6.45) is 0.763. The second-order valence-electron chi connectivity index (χ2n) is 2.63. The lowest BCUT2D eigenvalue weighted by Gasteiger charge is -2.09. The first-order valence-corrected chi connectivity index (χ1v) is 3.83. The standard InChI is InChI=1S/C6H17N5O/c7-4(5(8)12)2-1-3-11-6(9)10/h4,6,11H,1-3,7,9-10H2,(H2,8,12)/t4-/m0/s1. The molecule has 0 rings (SSSR count). The summed E-state index contributed by atoms with van der Waals surface area (Å²) in [5, 5.41) is 2.79. The second kappa shape index (κ2) is 5.90. The van der Waals surface area contributed by atoms with Gasteiger partial charge in [0.25, 0.3) is 0 Å². The predicted molar refractivity (Wildman–Crippen MR) is 46.6 cm³/mol. The SMILES string of the molecule is NC(=O)[C@@H](N)CCCNC(N)N. The minimum absolute atomic E-state index is 0.480. The van der Waals surface area contributed by atoms with E-state index in [0.29, 0.717) is 13.0 Å². The van der Waals surface area contributed by atoms with Crippen molar-refractivity contribution in [2.24, 2.45) is 22.9 Å². The van der Waals surface area contributed by atoms with Crippen molar-refractivity contribution >= 4 is 5.91 Å². The van der Waals surface area contributed by atoms with Crippen LogP contribution in [-0.2, 0) is 4.79 Å². The molecular formula is C6H17N5O. The molecule has 0 saturated carbocycles. The zero-order valence-corrected chi connectivity index (χ0v) is 6.99. The van der Waals surface area contributed by atoms with Gasteiger partial charge in [0.05, 0.1) is 6.04 Å². The largest absolute Gasteiger partial charge is 0.368 e. The van der Waals surface area contributed by atoms with Gasteiger partial charge in [-0.15, -0.1) is 0 Å². The molecule has 0 heterocycles. The van der Waals surface area contributed by atoms with Crippen molar-refractivity contribution in [1.82, 2.24) is 5.32 Å². The number of carbonyl (C=O) groups is 1. The van der Waals surface area contributed by atoms with Crippen LogP contribution < -0.4 is 28.3 Å². The fourth-order valence-electron chi connectivity index (χ4n) is 0.733. The van der Waals surface area contributed by atoms with Crippen LogP contribution in [0.15, 0.2) is 0 Å². The summed E-state index contributed by atoms with van der Waals surface area (Å²) in [7, 11) is 0. The van der Waals surface area contributed by atoms with E-state index in [2.05, 4.69) is 5.32 Å². The van der Waals surface area contributed by atoms with Crippen LogP contribution in [0.2, 0.25) is 0 Å². The van der Waals surface area contributed by atoms with Gasteiger partial charge in [0.2, 0.25) is 5.91 Å². The molecule has 0 saturated heterocycles. The average molecular weight is 175 g/mol. The number of primary amides is 1. The average Bonchev–Trinajstić information content (AvgIpc) is 1.97. The quantitative estimate of drug-likeness (QED) is 0.222. The minimum atomic E-state index is -0.569. The van der Waals surface area contributed by atoms with Gasteiger partial charge in [-0.3, -0.25) is 10.1 Å². The van der Waals surface area contributed by atoms with Gasteiger partial charge in [-0.25, -0.2) is 0 Å². The van der Waals surface area contributed by atoms with E-state index >= 15 is 0 Å². The lowest BCUT2D eigenvalue weighted by Crippen LogP contribution is -2.46. The van der Waals surface area contributed by atoms with Gasteiger partial charge in [-0.2, -0.15) is 0 Å². The van der Waals surface area contributed by atoms with E-state index in [4.69, 9.17) is 22.9 Å². The van der Waals surface area contributed by atoms with Gasteiger partial charge in [-0.1, -0.05) is 0 Å². The van der Waals surface area contributed by atoms with Crippen LogP contribution in [0.25, 0.3) is 0 Å². The lowest BCUT2D eigenvalue weighted by atomic mass is 10.1. The van der Waals surface area contributed by atoms with Crippen LogP contribution in [0.4, 0.5) is 0 Å². The number of carbonyl (C=O) groups excluding carboxylic acids is 1. The molecule has 72 valence electrons. The molecule has 12 heavy (non-hydrogen) atoms. The lowest BCUT2D eigenvalue weighted by molar-refractivity contribution is -0.119. The summed E-state index contributed by atoms with van der Waals surface area (Å²) in [4.78, 5) is 10.5. The highest BCUT2D eigenvalue weighted by Gasteiger charge is 2.07. The molecule has 0 unspecified atom stereocenters. The third kappa shape index (κ3) is 6.05. The number of nitrogens with one attached hydrogen (secondary N) is 1. The number of hydrogen-bond donors (Lipinski definition) is 5. The summed E-state index contributed by atoms with van der Waals surface area (Å²) in [5.74, 6) is -0.480. The van der Waals surface area contributed by atoms with Gasteiger partial charge in [-0.05, 0) is 19.4 Å². The first-order valence-electron chi connectivity index (χ1n) is 3.83. The predicted octanol–water partition coefficient (Wildman–Crippen LogP) is -2.63. The van der Waals surface area contributed by atoms with Crippen LogP contribution in [0, 0.1) is 0 Å². The number of nitrogens with two attached hydrogens (primary N) is 4. The van der Waals surface area contributed by atoms with Crippen LogP contribution in [0.3, 0.4) is 0 Å². The van der Waals surface area contributed by atoms with Crippen LogP contribution >= 0.6 is 0 Å². The van der Waals surface area contributed by atoms with Gasteiger partial charge in [0.15, 0.2) is 0 Å². The third-order valence-electron chi connectivity index (χ3n) is 1.44. The van der Waals surface area contributed by atoms with E-state index in [-0.39, 0.29) is 0 Å². The van der Waals surface area contributed by atoms with Crippen molar-refractivity contribution in [2.75, 3.05) is 6.54 Å². The number of hydrogen-bond acceptors (Lipinski definition) is 5. The Bertz CT molecular complexity index is 138. The van der Waals surface area contributed by atoms with Crippen molar-refractivity contribution in [1.29, 1.82) is 0 Å². The third-order valence-corrected chi connectivity index (χ3v) is 1.44. The Morgan fingerprint density at radius 3 is 2.33 bits per heavy atom. The fraction of sp³-hybridized carbons (Fsp3) is 0.833. The number of amides is 1. The Morgan fingerprint density at radius 1 is 1.33 bits per heavy atom. The molecule has 0 aliphatic carbocycles. The minimum Gasteiger partial charge on any atom is -0.368 e. The summed E-state index contributed by atoms with van der Waals surface area (Å²) >= 11 is 0.